The Kier molecular flexibility index (Phi) is 5.64. The number of carbonyl (C=O) groups excluding carboxylic acids is 1. The van der Waals surface area contributed by atoms with Crippen LogP contribution in [0.5, 0.6) is 5.75 Å². The van der Waals surface area contributed by atoms with Gasteiger partial charge in [0.15, 0.2) is 5.58 Å². The molecule has 0 aliphatic carbocycles. The van der Waals surface area contributed by atoms with Crippen molar-refractivity contribution in [3.63, 3.8) is 0 Å². The molecule has 27 heavy (non-hydrogen) atoms. The van der Waals surface area contributed by atoms with E-state index in [0.29, 0.717) is 25.0 Å². The molecule has 0 aliphatic rings. The standard InChI is InChI=1S/C21H24N2O4/c1-14-10-11-18(26-3)16(13-14)15(2)22-20(24)9-6-12-23-17-7-4-5-8-19(17)27-21(23)25/h4-5,7-8,10-11,13,15H,6,9,12H2,1-3H3,(H,22,24)/t15-/m0/s1. The summed E-state index contributed by atoms with van der Waals surface area (Å²) in [5.41, 5.74) is 3.37. The molecule has 0 fully saturated rings. The Balaban J connectivity index is 1.59. The van der Waals surface area contributed by atoms with E-state index < -0.39 is 5.76 Å². The second-order valence-corrected chi connectivity index (χ2v) is 6.63. The third kappa shape index (κ3) is 4.22. The highest BCUT2D eigenvalue weighted by atomic mass is 16.5. The van der Waals surface area contributed by atoms with Crippen LogP contribution >= 0.6 is 0 Å². The first-order valence-electron chi connectivity index (χ1n) is 9.02. The highest BCUT2D eigenvalue weighted by Gasteiger charge is 2.15. The lowest BCUT2D eigenvalue weighted by Gasteiger charge is -2.18. The quantitative estimate of drug-likeness (QED) is 0.692. The molecule has 3 aromatic rings. The molecule has 0 spiro atoms. The number of methoxy groups -OCH3 is 1. The van der Waals surface area contributed by atoms with Crippen LogP contribution in [0.15, 0.2) is 51.7 Å². The van der Waals surface area contributed by atoms with Crippen LogP contribution in [-0.4, -0.2) is 17.6 Å². The Morgan fingerprint density at radius 2 is 2.04 bits per heavy atom. The van der Waals surface area contributed by atoms with Crippen molar-refractivity contribution in [2.75, 3.05) is 7.11 Å². The summed E-state index contributed by atoms with van der Waals surface area (Å²) in [7, 11) is 1.62. The van der Waals surface area contributed by atoms with Crippen molar-refractivity contribution in [2.24, 2.45) is 0 Å². The molecular formula is C21H24N2O4. The molecule has 1 atom stereocenters. The number of amides is 1. The molecule has 1 heterocycles. The predicted molar refractivity (Wildman–Crippen MR) is 104 cm³/mol. The summed E-state index contributed by atoms with van der Waals surface area (Å²) in [6.07, 6.45) is 0.872. The van der Waals surface area contributed by atoms with Gasteiger partial charge in [0, 0.05) is 18.5 Å². The zero-order valence-electron chi connectivity index (χ0n) is 15.8. The minimum Gasteiger partial charge on any atom is -0.496 e. The average Bonchev–Trinajstić information content (AvgIpc) is 2.97. The second kappa shape index (κ2) is 8.12. The van der Waals surface area contributed by atoms with Crippen LogP contribution < -0.4 is 15.8 Å². The molecule has 0 unspecified atom stereocenters. The third-order valence-corrected chi connectivity index (χ3v) is 4.59. The maximum absolute atomic E-state index is 12.3. The lowest BCUT2D eigenvalue weighted by atomic mass is 10.0. The number of nitrogens with zero attached hydrogens (tertiary/aromatic N) is 1. The van der Waals surface area contributed by atoms with Crippen molar-refractivity contribution in [3.05, 3.63) is 64.1 Å². The minimum atomic E-state index is -0.394. The number of oxazole rings is 1. The van der Waals surface area contributed by atoms with Crippen LogP contribution in [-0.2, 0) is 11.3 Å². The number of carbonyl (C=O) groups is 1. The van der Waals surface area contributed by atoms with E-state index in [1.165, 1.54) is 0 Å². The average molecular weight is 368 g/mol. The first kappa shape index (κ1) is 18.8. The zero-order chi connectivity index (χ0) is 19.4. The van der Waals surface area contributed by atoms with Crippen molar-refractivity contribution in [2.45, 2.75) is 39.3 Å². The monoisotopic (exact) mass is 368 g/mol. The van der Waals surface area contributed by atoms with Crippen molar-refractivity contribution in [1.82, 2.24) is 9.88 Å². The summed E-state index contributed by atoms with van der Waals surface area (Å²) in [4.78, 5) is 24.3. The fourth-order valence-corrected chi connectivity index (χ4v) is 3.21. The Morgan fingerprint density at radius 1 is 1.26 bits per heavy atom. The number of nitrogens with one attached hydrogen (secondary N) is 1. The van der Waals surface area contributed by atoms with Crippen LogP contribution in [0.3, 0.4) is 0 Å². The fourth-order valence-electron chi connectivity index (χ4n) is 3.21. The molecule has 3 rings (SSSR count). The van der Waals surface area contributed by atoms with Gasteiger partial charge in [-0.05, 0) is 38.5 Å². The summed E-state index contributed by atoms with van der Waals surface area (Å²) in [5.74, 6) is 0.297. The highest BCUT2D eigenvalue weighted by Crippen LogP contribution is 2.26. The zero-order valence-corrected chi connectivity index (χ0v) is 15.8. The molecule has 1 aromatic heterocycles. The molecule has 6 heteroatoms. The lowest BCUT2D eigenvalue weighted by Crippen LogP contribution is -2.27. The molecule has 0 bridgehead atoms. The first-order chi connectivity index (χ1) is 13.0. The van der Waals surface area contributed by atoms with Gasteiger partial charge in [0.05, 0.1) is 18.7 Å². The van der Waals surface area contributed by atoms with Gasteiger partial charge in [0.1, 0.15) is 5.75 Å². The van der Waals surface area contributed by atoms with Gasteiger partial charge in [-0.3, -0.25) is 9.36 Å². The number of para-hydroxylation sites is 2. The van der Waals surface area contributed by atoms with E-state index >= 15 is 0 Å². The van der Waals surface area contributed by atoms with E-state index in [0.717, 1.165) is 22.4 Å². The maximum atomic E-state index is 12.3. The van der Waals surface area contributed by atoms with Crippen molar-refractivity contribution in [1.29, 1.82) is 0 Å². The van der Waals surface area contributed by atoms with Gasteiger partial charge in [-0.1, -0.05) is 29.8 Å². The van der Waals surface area contributed by atoms with E-state index in [2.05, 4.69) is 5.32 Å². The number of aromatic nitrogens is 1. The van der Waals surface area contributed by atoms with Crippen LogP contribution in [0.1, 0.15) is 36.9 Å². The molecule has 0 saturated carbocycles. The molecule has 1 amide bonds. The Hall–Kier alpha value is -3.02. The predicted octanol–water partition coefficient (Wildman–Crippen LogP) is 3.57. The number of ether oxygens (including phenoxy) is 1. The van der Waals surface area contributed by atoms with Gasteiger partial charge in [-0.2, -0.15) is 0 Å². The van der Waals surface area contributed by atoms with E-state index in [1.807, 2.05) is 50.2 Å². The van der Waals surface area contributed by atoms with Crippen molar-refractivity contribution < 1.29 is 13.9 Å². The molecule has 142 valence electrons. The summed E-state index contributed by atoms with van der Waals surface area (Å²) >= 11 is 0. The second-order valence-electron chi connectivity index (χ2n) is 6.63. The van der Waals surface area contributed by atoms with Crippen LogP contribution in [0.2, 0.25) is 0 Å². The summed E-state index contributed by atoms with van der Waals surface area (Å²) < 4.78 is 12.2. The molecule has 0 radical (unpaired) electrons. The molecule has 2 aromatic carbocycles. The topological polar surface area (TPSA) is 73.5 Å². The van der Waals surface area contributed by atoms with Crippen LogP contribution in [0.4, 0.5) is 0 Å². The van der Waals surface area contributed by atoms with E-state index in [9.17, 15) is 9.59 Å². The highest BCUT2D eigenvalue weighted by molar-refractivity contribution is 5.76. The van der Waals surface area contributed by atoms with Gasteiger partial charge in [-0.25, -0.2) is 4.79 Å². The van der Waals surface area contributed by atoms with Gasteiger partial charge in [0.2, 0.25) is 5.91 Å². The van der Waals surface area contributed by atoms with Crippen molar-refractivity contribution >= 4 is 17.0 Å². The van der Waals surface area contributed by atoms with Crippen LogP contribution in [0, 0.1) is 6.92 Å². The summed E-state index contributed by atoms with van der Waals surface area (Å²) in [5, 5.41) is 3.00. The molecule has 0 saturated heterocycles. The Morgan fingerprint density at radius 3 is 2.81 bits per heavy atom. The number of aryl methyl sites for hydroxylation is 2. The summed E-state index contributed by atoms with van der Waals surface area (Å²) in [6.45, 7) is 4.37. The maximum Gasteiger partial charge on any atom is 0.419 e. The van der Waals surface area contributed by atoms with Crippen LogP contribution in [0.25, 0.3) is 11.1 Å². The van der Waals surface area contributed by atoms with Gasteiger partial charge >= 0.3 is 5.76 Å². The smallest absolute Gasteiger partial charge is 0.419 e. The van der Waals surface area contributed by atoms with E-state index in [-0.39, 0.29) is 11.9 Å². The largest absolute Gasteiger partial charge is 0.496 e. The van der Waals surface area contributed by atoms with Gasteiger partial charge in [-0.15, -0.1) is 0 Å². The van der Waals surface area contributed by atoms with Gasteiger partial charge in [0.25, 0.3) is 0 Å². The number of fused-ring (bicyclic) bond motifs is 1. The number of rotatable bonds is 7. The minimum absolute atomic E-state index is 0.0630. The molecule has 6 nitrogen and oxygen atoms in total. The Labute approximate surface area is 157 Å². The molecule has 1 N–H and O–H groups in total. The van der Waals surface area contributed by atoms with E-state index in [4.69, 9.17) is 9.15 Å². The molecule has 0 aliphatic heterocycles. The normalized spacial score (nSPS) is 12.1. The number of benzene rings is 2. The summed E-state index contributed by atoms with van der Waals surface area (Å²) in [6, 6.07) is 13.0. The SMILES string of the molecule is COc1ccc(C)cc1[C@H](C)NC(=O)CCCn1c(=O)oc2ccccc21. The Bertz CT molecular complexity index is 1000. The van der Waals surface area contributed by atoms with E-state index in [1.54, 1.807) is 17.7 Å². The third-order valence-electron chi connectivity index (χ3n) is 4.59. The lowest BCUT2D eigenvalue weighted by molar-refractivity contribution is -0.121. The van der Waals surface area contributed by atoms with Crippen molar-refractivity contribution in [3.8, 4) is 5.75 Å². The fraction of sp³-hybridized carbons (Fsp3) is 0.333. The first-order valence-corrected chi connectivity index (χ1v) is 9.02. The molecular weight excluding hydrogens is 344 g/mol. The van der Waals surface area contributed by atoms with Gasteiger partial charge < -0.3 is 14.5 Å². The number of hydrogen-bond acceptors (Lipinski definition) is 4. The number of hydrogen-bond donors (Lipinski definition) is 1.